The average molecular weight is 353 g/mol. The van der Waals surface area contributed by atoms with Crippen LogP contribution < -0.4 is 10.1 Å². The first-order chi connectivity index (χ1) is 11.7. The monoisotopic (exact) mass is 353 g/mol. The highest BCUT2D eigenvalue weighted by Gasteiger charge is 2.32. The summed E-state index contributed by atoms with van der Waals surface area (Å²) in [5.74, 6) is -1.37. The molecule has 0 aliphatic heterocycles. The number of hydrogen-bond donors (Lipinski definition) is 2. The molecule has 4 nitrogen and oxygen atoms in total. The first-order valence-electron chi connectivity index (χ1n) is 7.53. The second-order valence-corrected chi connectivity index (χ2v) is 5.80. The number of benzene rings is 1. The quantitative estimate of drug-likeness (QED) is 0.612. The second-order valence-electron chi connectivity index (χ2n) is 5.80. The second kappa shape index (κ2) is 6.27. The summed E-state index contributed by atoms with van der Waals surface area (Å²) in [4.78, 5) is 7.60. The summed E-state index contributed by atoms with van der Waals surface area (Å²) in [5, 5.41) is 3.89. The van der Waals surface area contributed by atoms with E-state index in [1.165, 1.54) is 6.07 Å². The minimum absolute atomic E-state index is 0.166. The predicted octanol–water partition coefficient (Wildman–Crippen LogP) is 5.47. The number of fused-ring (bicyclic) bond motifs is 1. The minimum atomic E-state index is -4.94. The van der Waals surface area contributed by atoms with Crippen LogP contribution in [-0.2, 0) is 0 Å². The highest BCUT2D eigenvalue weighted by atomic mass is 19.4. The number of aromatic nitrogens is 2. The highest BCUT2D eigenvalue weighted by molar-refractivity contribution is 5.85. The number of nitrogens with zero attached hydrogens (tertiary/aromatic N) is 1. The molecule has 3 rings (SSSR count). The Labute approximate surface area is 140 Å². The van der Waals surface area contributed by atoms with E-state index in [4.69, 9.17) is 0 Å². The lowest BCUT2D eigenvalue weighted by Crippen LogP contribution is -2.17. The molecule has 0 bridgehead atoms. The van der Waals surface area contributed by atoms with Crippen LogP contribution >= 0.6 is 0 Å². The Morgan fingerprint density at radius 2 is 1.92 bits per heavy atom. The number of pyridine rings is 1. The van der Waals surface area contributed by atoms with Gasteiger partial charge in [0.1, 0.15) is 5.82 Å². The number of anilines is 2. The third kappa shape index (κ3) is 3.84. The zero-order chi connectivity index (χ0) is 18.2. The van der Waals surface area contributed by atoms with Crippen molar-refractivity contribution in [3.63, 3.8) is 0 Å². The van der Waals surface area contributed by atoms with Crippen LogP contribution in [-0.4, -0.2) is 16.3 Å². The van der Waals surface area contributed by atoms with E-state index in [-0.39, 0.29) is 11.6 Å². The lowest BCUT2D eigenvalue weighted by Gasteiger charge is -2.13. The highest BCUT2D eigenvalue weighted by Crippen LogP contribution is 2.30. The van der Waals surface area contributed by atoms with Gasteiger partial charge in [-0.3, -0.25) is 0 Å². The Hall–Kier alpha value is -2.77. The number of aromatic amines is 1. The zero-order valence-electron chi connectivity index (χ0n) is 13.4. The number of rotatable bonds is 4. The van der Waals surface area contributed by atoms with Crippen LogP contribution in [0.4, 0.5) is 29.1 Å². The number of ether oxygens (including phenoxy) is 1. The van der Waals surface area contributed by atoms with E-state index in [9.17, 15) is 17.6 Å². The van der Waals surface area contributed by atoms with Gasteiger partial charge in [-0.15, -0.1) is 13.2 Å². The molecule has 8 heteroatoms. The maximum atomic E-state index is 13.8. The topological polar surface area (TPSA) is 49.9 Å². The normalized spacial score (nSPS) is 12.0. The third-order valence-electron chi connectivity index (χ3n) is 3.55. The molecule has 2 aromatic heterocycles. The Bertz CT molecular complexity index is 903. The van der Waals surface area contributed by atoms with Gasteiger partial charge in [-0.25, -0.2) is 9.37 Å². The van der Waals surface area contributed by atoms with Crippen molar-refractivity contribution in [1.82, 2.24) is 9.97 Å². The standard InChI is InChI=1S/C17H15F4N3O/c1-9(2)16-11-5-6-22-13(11)8-15(24-16)23-10-3-4-14(12(18)7-10)25-17(19,20)21/h3-9,22H,1-2H3,(H,23,24). The Kier molecular flexibility index (Phi) is 4.28. The van der Waals surface area contributed by atoms with E-state index in [0.717, 1.165) is 28.7 Å². The van der Waals surface area contributed by atoms with E-state index < -0.39 is 17.9 Å². The first kappa shape index (κ1) is 17.1. The maximum Gasteiger partial charge on any atom is 0.573 e. The molecule has 2 heterocycles. The Morgan fingerprint density at radius 3 is 2.56 bits per heavy atom. The van der Waals surface area contributed by atoms with Crippen LogP contribution in [0.15, 0.2) is 36.5 Å². The molecule has 0 aliphatic rings. The SMILES string of the molecule is CC(C)c1nc(Nc2ccc(OC(F)(F)F)c(F)c2)cc2[nH]ccc12. The number of H-pyrrole nitrogens is 1. The molecule has 0 saturated heterocycles. The predicted molar refractivity (Wildman–Crippen MR) is 86.5 cm³/mol. The van der Waals surface area contributed by atoms with Crippen LogP contribution in [0, 0.1) is 5.82 Å². The fourth-order valence-electron chi connectivity index (χ4n) is 2.52. The molecule has 0 aliphatic carbocycles. The molecule has 0 unspecified atom stereocenters. The number of alkyl halides is 3. The van der Waals surface area contributed by atoms with Crippen LogP contribution in [0.2, 0.25) is 0 Å². The number of nitrogens with one attached hydrogen (secondary N) is 2. The summed E-state index contributed by atoms with van der Waals surface area (Å²) in [6, 6.07) is 6.81. The van der Waals surface area contributed by atoms with Gasteiger partial charge in [0, 0.05) is 29.4 Å². The molecular weight excluding hydrogens is 338 g/mol. The Balaban J connectivity index is 1.90. The summed E-state index contributed by atoms with van der Waals surface area (Å²) in [6.45, 7) is 4.00. The van der Waals surface area contributed by atoms with Crippen molar-refractivity contribution >= 4 is 22.4 Å². The Morgan fingerprint density at radius 1 is 1.16 bits per heavy atom. The van der Waals surface area contributed by atoms with Crippen molar-refractivity contribution in [3.8, 4) is 5.75 Å². The van der Waals surface area contributed by atoms with Crippen molar-refractivity contribution in [3.05, 3.63) is 48.0 Å². The fourth-order valence-corrected chi connectivity index (χ4v) is 2.52. The lowest BCUT2D eigenvalue weighted by molar-refractivity contribution is -0.275. The molecule has 0 radical (unpaired) electrons. The van der Waals surface area contributed by atoms with Gasteiger partial charge in [0.05, 0.1) is 11.2 Å². The summed E-state index contributed by atoms with van der Waals surface area (Å²) in [7, 11) is 0. The molecule has 25 heavy (non-hydrogen) atoms. The van der Waals surface area contributed by atoms with Crippen LogP contribution in [0.3, 0.4) is 0 Å². The van der Waals surface area contributed by atoms with Gasteiger partial charge in [0.2, 0.25) is 0 Å². The van der Waals surface area contributed by atoms with Crippen molar-refractivity contribution in [1.29, 1.82) is 0 Å². The maximum absolute atomic E-state index is 13.8. The van der Waals surface area contributed by atoms with Crippen LogP contribution in [0.5, 0.6) is 5.75 Å². The van der Waals surface area contributed by atoms with Crippen molar-refractivity contribution in [2.45, 2.75) is 26.1 Å². The average Bonchev–Trinajstić information content (AvgIpc) is 2.96. The van der Waals surface area contributed by atoms with E-state index in [0.29, 0.717) is 5.82 Å². The smallest absolute Gasteiger partial charge is 0.403 e. The first-order valence-corrected chi connectivity index (χ1v) is 7.53. The van der Waals surface area contributed by atoms with Gasteiger partial charge in [0.25, 0.3) is 0 Å². The minimum Gasteiger partial charge on any atom is -0.403 e. The summed E-state index contributed by atoms with van der Waals surface area (Å²) >= 11 is 0. The van der Waals surface area contributed by atoms with E-state index in [1.807, 2.05) is 19.9 Å². The molecule has 1 aromatic carbocycles. The van der Waals surface area contributed by atoms with Gasteiger partial charge in [-0.05, 0) is 24.1 Å². The molecule has 0 spiro atoms. The molecule has 0 atom stereocenters. The molecule has 2 N–H and O–H groups in total. The van der Waals surface area contributed by atoms with E-state index >= 15 is 0 Å². The van der Waals surface area contributed by atoms with Crippen LogP contribution in [0.25, 0.3) is 10.9 Å². The zero-order valence-corrected chi connectivity index (χ0v) is 13.4. The largest absolute Gasteiger partial charge is 0.573 e. The third-order valence-corrected chi connectivity index (χ3v) is 3.55. The van der Waals surface area contributed by atoms with Gasteiger partial charge >= 0.3 is 6.36 Å². The number of halogens is 4. The van der Waals surface area contributed by atoms with Crippen molar-refractivity contribution < 1.29 is 22.3 Å². The van der Waals surface area contributed by atoms with Gasteiger partial charge in [0.15, 0.2) is 11.6 Å². The molecule has 0 saturated carbocycles. The molecule has 0 amide bonds. The van der Waals surface area contributed by atoms with Gasteiger partial charge < -0.3 is 15.0 Å². The van der Waals surface area contributed by atoms with Gasteiger partial charge in [-0.1, -0.05) is 13.8 Å². The molecule has 0 fully saturated rings. The van der Waals surface area contributed by atoms with Crippen molar-refractivity contribution in [2.24, 2.45) is 0 Å². The summed E-state index contributed by atoms with van der Waals surface area (Å²) < 4.78 is 54.0. The molecule has 3 aromatic rings. The van der Waals surface area contributed by atoms with E-state index in [1.54, 1.807) is 12.3 Å². The van der Waals surface area contributed by atoms with Gasteiger partial charge in [-0.2, -0.15) is 0 Å². The molecule has 132 valence electrons. The number of hydrogen-bond acceptors (Lipinski definition) is 3. The molecular formula is C17H15F4N3O. The van der Waals surface area contributed by atoms with Crippen molar-refractivity contribution in [2.75, 3.05) is 5.32 Å². The fraction of sp³-hybridized carbons (Fsp3) is 0.235. The van der Waals surface area contributed by atoms with E-state index in [2.05, 4.69) is 20.0 Å². The summed E-state index contributed by atoms with van der Waals surface area (Å²) in [6.07, 6.45) is -3.15. The summed E-state index contributed by atoms with van der Waals surface area (Å²) in [5.41, 5.74) is 1.98. The van der Waals surface area contributed by atoms with Crippen LogP contribution in [0.1, 0.15) is 25.5 Å². The lowest BCUT2D eigenvalue weighted by atomic mass is 10.1.